The van der Waals surface area contributed by atoms with Crippen molar-refractivity contribution in [3.8, 4) is 5.75 Å². The fraction of sp³-hybridized carbons (Fsp3) is 0.400. The first-order valence-electron chi connectivity index (χ1n) is 6.66. The molecule has 0 aromatic heterocycles. The Bertz CT molecular complexity index is 524. The molecule has 2 N–H and O–H groups in total. The lowest BCUT2D eigenvalue weighted by Crippen LogP contribution is -2.01. The summed E-state index contributed by atoms with van der Waals surface area (Å²) in [5.41, 5.74) is 7.06. The quantitative estimate of drug-likeness (QED) is 0.497. The molecule has 0 saturated heterocycles. The van der Waals surface area contributed by atoms with Crippen LogP contribution in [-0.2, 0) is 9.53 Å². The minimum Gasteiger partial charge on any atom is -0.492 e. The van der Waals surface area contributed by atoms with Crippen LogP contribution in [0.4, 0.5) is 5.69 Å². The maximum atomic E-state index is 11.3. The van der Waals surface area contributed by atoms with E-state index in [2.05, 4.69) is 0 Å². The van der Waals surface area contributed by atoms with Crippen LogP contribution in [0.5, 0.6) is 5.75 Å². The second-order valence-electron chi connectivity index (χ2n) is 4.75. The zero-order valence-electron chi connectivity index (χ0n) is 11.4. The number of nitrogen functional groups attached to an aromatic ring is 1. The van der Waals surface area contributed by atoms with E-state index >= 15 is 0 Å². The largest absolute Gasteiger partial charge is 0.492 e. The molecule has 0 atom stereocenters. The standard InChI is InChI=1S/C15H18ClNO3/c1-2-19-15(18)6-5-11-7-14(12(16)8-13(11)17)20-9-10-3-4-10/h5-8,10H,2-4,9,17H2,1H3/b6-5+. The summed E-state index contributed by atoms with van der Waals surface area (Å²) in [6.07, 6.45) is 5.37. The maximum absolute atomic E-state index is 11.3. The van der Waals surface area contributed by atoms with E-state index in [1.807, 2.05) is 0 Å². The van der Waals surface area contributed by atoms with Crippen LogP contribution in [0.3, 0.4) is 0 Å². The molecule has 1 fully saturated rings. The van der Waals surface area contributed by atoms with Gasteiger partial charge in [-0.3, -0.25) is 0 Å². The van der Waals surface area contributed by atoms with E-state index in [1.54, 1.807) is 25.1 Å². The number of benzene rings is 1. The third kappa shape index (κ3) is 4.17. The number of carbonyl (C=O) groups excluding carboxylic acids is 1. The Kier molecular flexibility index (Phi) is 4.90. The summed E-state index contributed by atoms with van der Waals surface area (Å²) >= 11 is 6.10. The van der Waals surface area contributed by atoms with Crippen LogP contribution >= 0.6 is 11.6 Å². The van der Waals surface area contributed by atoms with Gasteiger partial charge in [0.15, 0.2) is 0 Å². The Labute approximate surface area is 123 Å². The first kappa shape index (κ1) is 14.7. The topological polar surface area (TPSA) is 61.5 Å². The van der Waals surface area contributed by atoms with E-state index < -0.39 is 5.97 Å². The molecule has 2 rings (SSSR count). The first-order valence-corrected chi connectivity index (χ1v) is 7.04. The molecule has 1 aromatic rings. The number of hydrogen-bond acceptors (Lipinski definition) is 4. The predicted molar refractivity (Wildman–Crippen MR) is 79.8 cm³/mol. The van der Waals surface area contributed by atoms with Gasteiger partial charge in [0.2, 0.25) is 0 Å². The van der Waals surface area contributed by atoms with Gasteiger partial charge in [0.25, 0.3) is 0 Å². The Balaban J connectivity index is 2.10. The molecule has 1 aliphatic carbocycles. The van der Waals surface area contributed by atoms with Gasteiger partial charge >= 0.3 is 5.97 Å². The van der Waals surface area contributed by atoms with Gasteiger partial charge in [0, 0.05) is 17.3 Å². The molecule has 1 saturated carbocycles. The molecule has 1 aliphatic rings. The average molecular weight is 296 g/mol. The molecule has 0 unspecified atom stereocenters. The number of hydrogen-bond donors (Lipinski definition) is 1. The summed E-state index contributed by atoms with van der Waals surface area (Å²) in [6, 6.07) is 3.38. The molecule has 0 bridgehead atoms. The van der Waals surface area contributed by atoms with Gasteiger partial charge in [0.05, 0.1) is 18.2 Å². The minimum atomic E-state index is -0.401. The van der Waals surface area contributed by atoms with Gasteiger partial charge in [0.1, 0.15) is 5.75 Å². The van der Waals surface area contributed by atoms with Gasteiger partial charge in [-0.15, -0.1) is 0 Å². The molecule has 5 heteroatoms. The Morgan fingerprint density at radius 1 is 1.50 bits per heavy atom. The van der Waals surface area contributed by atoms with Crippen LogP contribution in [-0.4, -0.2) is 19.2 Å². The van der Waals surface area contributed by atoms with Crippen molar-refractivity contribution in [2.24, 2.45) is 5.92 Å². The Morgan fingerprint density at radius 2 is 2.25 bits per heavy atom. The first-order chi connectivity index (χ1) is 9.60. The third-order valence-electron chi connectivity index (χ3n) is 2.99. The highest BCUT2D eigenvalue weighted by molar-refractivity contribution is 6.32. The van der Waals surface area contributed by atoms with Gasteiger partial charge in [-0.1, -0.05) is 11.6 Å². The Morgan fingerprint density at radius 3 is 2.90 bits per heavy atom. The highest BCUT2D eigenvalue weighted by Gasteiger charge is 2.22. The minimum absolute atomic E-state index is 0.342. The zero-order chi connectivity index (χ0) is 14.5. The number of nitrogens with two attached hydrogens (primary N) is 1. The number of carbonyl (C=O) groups is 1. The molecule has 4 nitrogen and oxygen atoms in total. The summed E-state index contributed by atoms with van der Waals surface area (Å²) in [5.74, 6) is 0.834. The monoisotopic (exact) mass is 295 g/mol. The fourth-order valence-electron chi connectivity index (χ4n) is 1.68. The van der Waals surface area contributed by atoms with E-state index in [0.29, 0.717) is 41.2 Å². The van der Waals surface area contributed by atoms with Crippen molar-refractivity contribution >= 4 is 29.3 Å². The highest BCUT2D eigenvalue weighted by Crippen LogP contribution is 2.34. The SMILES string of the molecule is CCOC(=O)/C=C/c1cc(OCC2CC2)c(Cl)cc1N. The molecule has 0 aliphatic heterocycles. The van der Waals surface area contributed by atoms with Gasteiger partial charge in [-0.25, -0.2) is 4.79 Å². The summed E-state index contributed by atoms with van der Waals surface area (Å²) in [6.45, 7) is 2.77. The van der Waals surface area contributed by atoms with Crippen molar-refractivity contribution in [2.75, 3.05) is 18.9 Å². The van der Waals surface area contributed by atoms with Crippen molar-refractivity contribution < 1.29 is 14.3 Å². The van der Waals surface area contributed by atoms with Crippen LogP contribution in [0.1, 0.15) is 25.3 Å². The summed E-state index contributed by atoms with van der Waals surface area (Å²) in [4.78, 5) is 11.3. The number of ether oxygens (including phenoxy) is 2. The molecule has 0 amide bonds. The van der Waals surface area contributed by atoms with Crippen LogP contribution < -0.4 is 10.5 Å². The predicted octanol–water partition coefficient (Wildman–Crippen LogP) is 3.29. The van der Waals surface area contributed by atoms with Gasteiger partial charge in [-0.2, -0.15) is 0 Å². The van der Waals surface area contributed by atoms with E-state index in [9.17, 15) is 4.79 Å². The van der Waals surface area contributed by atoms with E-state index in [1.165, 1.54) is 18.9 Å². The van der Waals surface area contributed by atoms with Crippen LogP contribution in [0, 0.1) is 5.92 Å². The molecule has 20 heavy (non-hydrogen) atoms. The lowest BCUT2D eigenvalue weighted by Gasteiger charge is -2.10. The number of anilines is 1. The van der Waals surface area contributed by atoms with Crippen LogP contribution in [0.25, 0.3) is 6.08 Å². The van der Waals surface area contributed by atoms with E-state index in [4.69, 9.17) is 26.8 Å². The van der Waals surface area contributed by atoms with E-state index in [-0.39, 0.29) is 0 Å². The second kappa shape index (κ2) is 6.66. The number of halogens is 1. The zero-order valence-corrected chi connectivity index (χ0v) is 12.2. The van der Waals surface area contributed by atoms with Crippen molar-refractivity contribution in [3.05, 3.63) is 28.8 Å². The molecule has 0 spiro atoms. The van der Waals surface area contributed by atoms with Crippen molar-refractivity contribution in [1.29, 1.82) is 0 Å². The smallest absolute Gasteiger partial charge is 0.330 e. The lowest BCUT2D eigenvalue weighted by atomic mass is 10.1. The van der Waals surface area contributed by atoms with Crippen LogP contribution in [0.15, 0.2) is 18.2 Å². The molecular formula is C15H18ClNO3. The third-order valence-corrected chi connectivity index (χ3v) is 3.29. The summed E-state index contributed by atoms with van der Waals surface area (Å²) < 4.78 is 10.5. The summed E-state index contributed by atoms with van der Waals surface area (Å²) in [5, 5.41) is 0.483. The molecular weight excluding hydrogens is 278 g/mol. The number of rotatable bonds is 6. The highest BCUT2D eigenvalue weighted by atomic mass is 35.5. The van der Waals surface area contributed by atoms with Gasteiger partial charge < -0.3 is 15.2 Å². The second-order valence-corrected chi connectivity index (χ2v) is 5.16. The lowest BCUT2D eigenvalue weighted by molar-refractivity contribution is -0.137. The number of esters is 1. The molecule has 0 radical (unpaired) electrons. The Hall–Kier alpha value is -1.68. The molecule has 1 aromatic carbocycles. The summed E-state index contributed by atoms with van der Waals surface area (Å²) in [7, 11) is 0. The van der Waals surface area contributed by atoms with Crippen LogP contribution in [0.2, 0.25) is 5.02 Å². The molecule has 0 heterocycles. The van der Waals surface area contributed by atoms with E-state index in [0.717, 1.165) is 0 Å². The maximum Gasteiger partial charge on any atom is 0.330 e. The van der Waals surface area contributed by atoms with Gasteiger partial charge in [-0.05, 0) is 43.9 Å². The molecule has 108 valence electrons. The average Bonchev–Trinajstić information content (AvgIpc) is 3.21. The normalized spacial score (nSPS) is 14.5. The fourth-order valence-corrected chi connectivity index (χ4v) is 1.91. The van der Waals surface area contributed by atoms with Crippen molar-refractivity contribution in [3.63, 3.8) is 0 Å². The van der Waals surface area contributed by atoms with Crippen molar-refractivity contribution in [2.45, 2.75) is 19.8 Å². The van der Waals surface area contributed by atoms with Crippen molar-refractivity contribution in [1.82, 2.24) is 0 Å².